The van der Waals surface area contributed by atoms with Crippen LogP contribution in [0.3, 0.4) is 0 Å². The largest absolute Gasteiger partial charge is 0.430 e. The lowest BCUT2D eigenvalue weighted by atomic mass is 10.3. The Morgan fingerprint density at radius 1 is 1.11 bits per heavy atom. The van der Waals surface area contributed by atoms with Crippen molar-refractivity contribution in [2.45, 2.75) is 3.79 Å². The minimum atomic E-state index is -2.51. The third kappa shape index (κ3) is 4.27. The minimum absolute atomic E-state index is 0.0934. The molecule has 4 amide bonds. The Balaban J connectivity index is 2.92. The second kappa shape index (κ2) is 6.10. The molecule has 0 aliphatic heterocycles. The van der Waals surface area contributed by atoms with E-state index < -0.39 is 21.8 Å². The van der Waals surface area contributed by atoms with Gasteiger partial charge in [-0.3, -0.25) is 4.79 Å². The molecule has 2 N–H and O–H groups in total. The van der Waals surface area contributed by atoms with Crippen molar-refractivity contribution in [1.29, 1.82) is 0 Å². The second-order valence-corrected chi connectivity index (χ2v) is 5.44. The summed E-state index contributed by atoms with van der Waals surface area (Å²) in [5.41, 5.74) is 4.88. The summed E-state index contributed by atoms with van der Waals surface area (Å²) in [5.74, 6) is -1.33. The molecule has 1 rings (SSSR count). The molecule has 0 spiro atoms. The lowest BCUT2D eigenvalue weighted by Crippen LogP contribution is -2.50. The highest BCUT2D eigenvalue weighted by Gasteiger charge is 2.42. The summed E-state index contributed by atoms with van der Waals surface area (Å²) in [6.07, 6.45) is -1.37. The summed E-state index contributed by atoms with van der Waals surface area (Å²) >= 11 is 15.9. The normalized spacial score (nSPS) is 10.7. The van der Waals surface area contributed by atoms with Crippen LogP contribution >= 0.6 is 34.8 Å². The quantitative estimate of drug-likeness (QED) is 0.803. The molecule has 0 unspecified atom stereocenters. The van der Waals surface area contributed by atoms with Crippen LogP contribution in [0.5, 0.6) is 5.75 Å². The number of nitrogens with two attached hydrogens (primary N) is 1. The molecule has 0 radical (unpaired) electrons. The molecule has 9 heteroatoms. The summed E-state index contributed by atoms with van der Waals surface area (Å²) in [4.78, 5) is 34.2. The molecule has 0 bridgehead atoms. The average Bonchev–Trinajstić information content (AvgIpc) is 2.28. The maximum Gasteiger partial charge on any atom is 0.430 e. The van der Waals surface area contributed by atoms with Crippen molar-refractivity contribution < 1.29 is 19.1 Å². The molecule has 0 heterocycles. The second-order valence-electron chi connectivity index (χ2n) is 3.16. The van der Waals surface area contributed by atoms with Gasteiger partial charge in [0.25, 0.3) is 9.70 Å². The molecule has 0 aliphatic rings. The van der Waals surface area contributed by atoms with Crippen molar-refractivity contribution in [3.05, 3.63) is 30.3 Å². The summed E-state index contributed by atoms with van der Waals surface area (Å²) in [7, 11) is 0. The molecule has 0 saturated heterocycles. The standard InChI is InChI=1S/C10H7Cl3N2O4/c11-10(12,13)7(16)15(8(14)17)9(18)19-6-4-2-1-3-5-6/h1-5H,(H2,14,17). The number of ether oxygens (including phenoxy) is 1. The number of nitrogens with zero attached hydrogens (tertiary/aromatic N) is 1. The van der Waals surface area contributed by atoms with Crippen LogP contribution in [0, 0.1) is 0 Å². The summed E-state index contributed by atoms with van der Waals surface area (Å²) in [5, 5.41) is 0. The zero-order chi connectivity index (χ0) is 14.6. The number of urea groups is 1. The predicted molar refractivity (Wildman–Crippen MR) is 69.2 cm³/mol. The lowest BCUT2D eigenvalue weighted by molar-refractivity contribution is -0.125. The lowest BCUT2D eigenvalue weighted by Gasteiger charge is -2.19. The fourth-order valence-electron chi connectivity index (χ4n) is 1.03. The van der Waals surface area contributed by atoms with E-state index in [1.54, 1.807) is 18.2 Å². The van der Waals surface area contributed by atoms with E-state index in [9.17, 15) is 14.4 Å². The van der Waals surface area contributed by atoms with Gasteiger partial charge in [-0.2, -0.15) is 4.90 Å². The van der Waals surface area contributed by atoms with Crippen LogP contribution in [0.4, 0.5) is 9.59 Å². The average molecular weight is 326 g/mol. The van der Waals surface area contributed by atoms with Gasteiger partial charge in [-0.25, -0.2) is 9.59 Å². The smallest absolute Gasteiger partial charge is 0.410 e. The summed E-state index contributed by atoms with van der Waals surface area (Å²) in [6.45, 7) is 0. The zero-order valence-corrected chi connectivity index (χ0v) is 11.4. The van der Waals surface area contributed by atoms with E-state index in [2.05, 4.69) is 0 Å². The molecular weight excluding hydrogens is 318 g/mol. The van der Waals surface area contributed by atoms with Crippen LogP contribution in [0.1, 0.15) is 0 Å². The third-order valence-electron chi connectivity index (χ3n) is 1.80. The number of benzene rings is 1. The van der Waals surface area contributed by atoms with E-state index in [1.165, 1.54) is 12.1 Å². The Hall–Kier alpha value is -1.50. The molecule has 1 aromatic rings. The Morgan fingerprint density at radius 3 is 2.05 bits per heavy atom. The zero-order valence-electron chi connectivity index (χ0n) is 9.18. The minimum Gasteiger partial charge on any atom is -0.410 e. The first-order valence-electron chi connectivity index (χ1n) is 4.71. The molecule has 0 atom stereocenters. The molecule has 0 aliphatic carbocycles. The van der Waals surface area contributed by atoms with Crippen molar-refractivity contribution >= 4 is 52.8 Å². The van der Waals surface area contributed by atoms with Crippen LogP contribution in [0.2, 0.25) is 0 Å². The van der Waals surface area contributed by atoms with Gasteiger partial charge in [-0.1, -0.05) is 53.0 Å². The van der Waals surface area contributed by atoms with Crippen molar-refractivity contribution in [2.75, 3.05) is 0 Å². The summed E-state index contributed by atoms with van der Waals surface area (Å²) < 4.78 is 2.23. The van der Waals surface area contributed by atoms with Gasteiger partial charge >= 0.3 is 12.1 Å². The first-order valence-corrected chi connectivity index (χ1v) is 5.84. The Kier molecular flexibility index (Phi) is 4.99. The van der Waals surface area contributed by atoms with Crippen LogP contribution in [0.15, 0.2) is 30.3 Å². The van der Waals surface area contributed by atoms with Gasteiger partial charge in [0.15, 0.2) is 0 Å². The number of alkyl halides is 3. The number of carbonyl (C=O) groups is 3. The Morgan fingerprint density at radius 2 is 1.63 bits per heavy atom. The molecule has 102 valence electrons. The van der Waals surface area contributed by atoms with Crippen LogP contribution in [-0.2, 0) is 4.79 Å². The van der Waals surface area contributed by atoms with E-state index in [0.29, 0.717) is 0 Å². The van der Waals surface area contributed by atoms with Gasteiger partial charge in [-0.05, 0) is 12.1 Å². The maximum atomic E-state index is 11.6. The molecule has 0 fully saturated rings. The number of hydrogen-bond acceptors (Lipinski definition) is 4. The SMILES string of the molecule is NC(=O)N(C(=O)Oc1ccccc1)C(=O)C(Cl)(Cl)Cl. The third-order valence-corrected chi connectivity index (χ3v) is 2.28. The Bertz CT molecular complexity index is 501. The monoisotopic (exact) mass is 324 g/mol. The number of amides is 4. The highest BCUT2D eigenvalue weighted by Crippen LogP contribution is 2.29. The topological polar surface area (TPSA) is 89.7 Å². The van der Waals surface area contributed by atoms with Crippen LogP contribution in [-0.4, -0.2) is 26.7 Å². The summed E-state index contributed by atoms with van der Waals surface area (Å²) in [6, 6.07) is 6.27. The molecular formula is C10H7Cl3N2O4. The number of primary amides is 1. The van der Waals surface area contributed by atoms with E-state index in [0.717, 1.165) is 0 Å². The number of para-hydroxylation sites is 1. The van der Waals surface area contributed by atoms with Gasteiger partial charge in [0.05, 0.1) is 0 Å². The highest BCUT2D eigenvalue weighted by molar-refractivity contribution is 6.76. The first-order chi connectivity index (χ1) is 8.73. The van der Waals surface area contributed by atoms with Gasteiger partial charge in [0, 0.05) is 0 Å². The fraction of sp³-hybridized carbons (Fsp3) is 0.100. The van der Waals surface area contributed by atoms with Gasteiger partial charge in [0.1, 0.15) is 5.75 Å². The highest BCUT2D eigenvalue weighted by atomic mass is 35.6. The molecule has 6 nitrogen and oxygen atoms in total. The molecule has 1 aromatic carbocycles. The number of hydrogen-bond donors (Lipinski definition) is 1. The fourth-order valence-corrected chi connectivity index (χ4v) is 1.29. The number of rotatable bonds is 1. The van der Waals surface area contributed by atoms with E-state index in [4.69, 9.17) is 45.3 Å². The molecule has 0 saturated carbocycles. The molecule has 0 aromatic heterocycles. The van der Waals surface area contributed by atoms with Crippen molar-refractivity contribution in [3.8, 4) is 5.75 Å². The Labute approximate surface area is 122 Å². The number of carbonyl (C=O) groups excluding carboxylic acids is 3. The van der Waals surface area contributed by atoms with E-state index >= 15 is 0 Å². The van der Waals surface area contributed by atoms with E-state index in [-0.39, 0.29) is 10.6 Å². The molecule has 19 heavy (non-hydrogen) atoms. The van der Waals surface area contributed by atoms with Gasteiger partial charge < -0.3 is 10.5 Å². The maximum absolute atomic E-state index is 11.6. The van der Waals surface area contributed by atoms with Gasteiger partial charge in [-0.15, -0.1) is 0 Å². The van der Waals surface area contributed by atoms with Crippen LogP contribution < -0.4 is 10.5 Å². The van der Waals surface area contributed by atoms with Crippen molar-refractivity contribution in [3.63, 3.8) is 0 Å². The van der Waals surface area contributed by atoms with Crippen LogP contribution in [0.25, 0.3) is 0 Å². The first kappa shape index (κ1) is 15.6. The van der Waals surface area contributed by atoms with E-state index in [1.807, 2.05) is 0 Å². The van der Waals surface area contributed by atoms with Gasteiger partial charge in [0.2, 0.25) is 0 Å². The predicted octanol–water partition coefficient (Wildman–Crippen LogP) is 2.46. The van der Waals surface area contributed by atoms with Crippen molar-refractivity contribution in [2.24, 2.45) is 5.73 Å². The van der Waals surface area contributed by atoms with Crippen molar-refractivity contribution in [1.82, 2.24) is 4.90 Å². The number of imide groups is 3. The number of halogens is 3.